The van der Waals surface area contributed by atoms with E-state index >= 15 is 0 Å². The molecule has 4 rings (SSSR count). The van der Waals surface area contributed by atoms with Crippen LogP contribution in [0.4, 0.5) is 23.7 Å². The van der Waals surface area contributed by atoms with E-state index in [1.807, 2.05) is 0 Å². The van der Waals surface area contributed by atoms with Crippen molar-refractivity contribution in [3.8, 4) is 11.1 Å². The maximum Gasteiger partial charge on any atom is 0.416 e. The van der Waals surface area contributed by atoms with E-state index in [1.54, 1.807) is 18.2 Å². The Bertz CT molecular complexity index is 921. The fourth-order valence-corrected chi connectivity index (χ4v) is 4.85. The third kappa shape index (κ3) is 4.42. The summed E-state index contributed by atoms with van der Waals surface area (Å²) in [7, 11) is 0. The first-order valence-electron chi connectivity index (χ1n) is 9.94. The molecule has 0 radical (unpaired) electrons. The molecule has 160 valence electrons. The molecule has 1 amide bonds. The number of nitrogens with one attached hydrogen (secondary N) is 1. The van der Waals surface area contributed by atoms with Crippen molar-refractivity contribution in [2.75, 3.05) is 11.4 Å². The summed E-state index contributed by atoms with van der Waals surface area (Å²) in [6, 6.07) is 10.4. The molecule has 2 bridgehead atoms. The van der Waals surface area contributed by atoms with Crippen LogP contribution in [0.3, 0.4) is 0 Å². The Labute approximate surface area is 177 Å². The Kier molecular flexibility index (Phi) is 5.68. The predicted molar refractivity (Wildman–Crippen MR) is 110 cm³/mol. The Balaban J connectivity index is 1.66. The van der Waals surface area contributed by atoms with Crippen LogP contribution in [-0.2, 0) is 6.18 Å². The second-order valence-corrected chi connectivity index (χ2v) is 8.54. The normalized spacial score (nSPS) is 23.4. The molecule has 3 atom stereocenters. The molecule has 0 aliphatic carbocycles. The van der Waals surface area contributed by atoms with Crippen molar-refractivity contribution in [1.29, 1.82) is 0 Å². The van der Waals surface area contributed by atoms with Gasteiger partial charge in [0.15, 0.2) is 0 Å². The lowest BCUT2D eigenvalue weighted by atomic mass is 9.91. The fourth-order valence-electron chi connectivity index (χ4n) is 4.68. The number of piperidine rings is 1. The van der Waals surface area contributed by atoms with Crippen molar-refractivity contribution in [1.82, 2.24) is 5.32 Å². The smallest absolute Gasteiger partial charge is 0.416 e. The largest absolute Gasteiger partial charge is 0.465 e. The average Bonchev–Trinajstić information content (AvgIpc) is 3.03. The van der Waals surface area contributed by atoms with E-state index in [0.29, 0.717) is 40.5 Å². The summed E-state index contributed by atoms with van der Waals surface area (Å²) in [5.41, 5.74) is 0.653. The third-order valence-electron chi connectivity index (χ3n) is 6.02. The van der Waals surface area contributed by atoms with Gasteiger partial charge in [-0.1, -0.05) is 23.7 Å². The van der Waals surface area contributed by atoms with Crippen molar-refractivity contribution in [3.63, 3.8) is 0 Å². The number of nitrogens with zero attached hydrogens (tertiary/aromatic N) is 1. The molecule has 2 aromatic carbocycles. The van der Waals surface area contributed by atoms with Gasteiger partial charge in [-0.05, 0) is 67.5 Å². The van der Waals surface area contributed by atoms with E-state index in [4.69, 9.17) is 11.6 Å². The Hall–Kier alpha value is -2.25. The number of hydrogen-bond donors (Lipinski definition) is 2. The molecule has 0 aromatic heterocycles. The Morgan fingerprint density at radius 1 is 1.10 bits per heavy atom. The monoisotopic (exact) mass is 438 g/mol. The minimum absolute atomic E-state index is 0.232. The van der Waals surface area contributed by atoms with Gasteiger partial charge in [0.1, 0.15) is 0 Å². The molecule has 8 heteroatoms. The van der Waals surface area contributed by atoms with E-state index < -0.39 is 17.8 Å². The highest BCUT2D eigenvalue weighted by atomic mass is 35.5. The molecule has 1 unspecified atom stereocenters. The highest BCUT2D eigenvalue weighted by Crippen LogP contribution is 2.38. The Morgan fingerprint density at radius 2 is 1.73 bits per heavy atom. The zero-order valence-corrected chi connectivity index (χ0v) is 16.9. The fraction of sp³-hybridized carbons (Fsp3) is 0.409. The van der Waals surface area contributed by atoms with Gasteiger partial charge in [0.25, 0.3) is 0 Å². The maximum absolute atomic E-state index is 12.9. The van der Waals surface area contributed by atoms with Crippen LogP contribution < -0.4 is 10.2 Å². The summed E-state index contributed by atoms with van der Waals surface area (Å²) < 4.78 is 38.7. The first kappa shape index (κ1) is 21.0. The number of rotatable bonds is 4. The highest BCUT2D eigenvalue weighted by molar-refractivity contribution is 6.31. The summed E-state index contributed by atoms with van der Waals surface area (Å²) in [6.45, 7) is 0.347. The van der Waals surface area contributed by atoms with Crippen LogP contribution in [0, 0.1) is 5.92 Å². The minimum Gasteiger partial charge on any atom is -0.465 e. The van der Waals surface area contributed by atoms with Gasteiger partial charge >= 0.3 is 12.3 Å². The summed E-state index contributed by atoms with van der Waals surface area (Å²) in [5.74, 6) is 0.232. The number of halogens is 4. The summed E-state index contributed by atoms with van der Waals surface area (Å²) >= 11 is 6.14. The van der Waals surface area contributed by atoms with E-state index in [0.717, 1.165) is 37.8 Å². The number of carbonyl (C=O) groups is 1. The summed E-state index contributed by atoms with van der Waals surface area (Å²) in [5, 5.41) is 13.9. The molecule has 0 spiro atoms. The van der Waals surface area contributed by atoms with Crippen molar-refractivity contribution in [2.45, 2.75) is 43.9 Å². The van der Waals surface area contributed by atoms with Gasteiger partial charge in [0.2, 0.25) is 0 Å². The van der Waals surface area contributed by atoms with E-state index in [9.17, 15) is 23.1 Å². The summed E-state index contributed by atoms with van der Waals surface area (Å²) in [4.78, 5) is 13.4. The zero-order chi connectivity index (χ0) is 21.5. The third-order valence-corrected chi connectivity index (χ3v) is 6.25. The topological polar surface area (TPSA) is 52.6 Å². The van der Waals surface area contributed by atoms with Gasteiger partial charge in [0.05, 0.1) is 11.3 Å². The number of amides is 1. The lowest BCUT2D eigenvalue weighted by molar-refractivity contribution is -0.137. The SMILES string of the molecule is O=C(O)N(CC1C[C@H]2CC[C@@H](C1)N2)c1ccc(Cl)cc1-c1ccc(C(F)(F)F)cc1. The van der Waals surface area contributed by atoms with Crippen molar-refractivity contribution < 1.29 is 23.1 Å². The number of anilines is 1. The predicted octanol–water partition coefficient (Wildman–Crippen LogP) is 6.04. The van der Waals surface area contributed by atoms with Crippen LogP contribution in [0.25, 0.3) is 11.1 Å². The quantitative estimate of drug-likeness (QED) is 0.611. The molecule has 4 nitrogen and oxygen atoms in total. The van der Waals surface area contributed by atoms with Crippen LogP contribution in [0.5, 0.6) is 0 Å². The maximum atomic E-state index is 12.9. The van der Waals surface area contributed by atoms with E-state index in [2.05, 4.69) is 5.32 Å². The first-order chi connectivity index (χ1) is 14.2. The van der Waals surface area contributed by atoms with Gasteiger partial charge in [-0.3, -0.25) is 4.90 Å². The van der Waals surface area contributed by atoms with Gasteiger partial charge in [-0.25, -0.2) is 4.79 Å². The van der Waals surface area contributed by atoms with Crippen LogP contribution in [0.15, 0.2) is 42.5 Å². The molecule has 2 aromatic rings. The van der Waals surface area contributed by atoms with Gasteiger partial charge in [-0.2, -0.15) is 13.2 Å². The minimum atomic E-state index is -4.43. The van der Waals surface area contributed by atoms with Gasteiger partial charge in [0, 0.05) is 29.2 Å². The van der Waals surface area contributed by atoms with Crippen LogP contribution in [0.2, 0.25) is 5.02 Å². The van der Waals surface area contributed by atoms with Gasteiger partial charge in [-0.15, -0.1) is 0 Å². The molecule has 0 saturated carbocycles. The number of hydrogen-bond acceptors (Lipinski definition) is 2. The Morgan fingerprint density at radius 3 is 2.30 bits per heavy atom. The molecule has 30 heavy (non-hydrogen) atoms. The molecular weight excluding hydrogens is 417 g/mol. The second kappa shape index (κ2) is 8.12. The number of benzene rings is 2. The van der Waals surface area contributed by atoms with Crippen LogP contribution in [-0.4, -0.2) is 29.8 Å². The summed E-state index contributed by atoms with van der Waals surface area (Å²) in [6.07, 6.45) is -1.45. The van der Waals surface area contributed by atoms with E-state index in [-0.39, 0.29) is 5.92 Å². The first-order valence-corrected chi connectivity index (χ1v) is 10.3. The van der Waals surface area contributed by atoms with Crippen molar-refractivity contribution in [2.24, 2.45) is 5.92 Å². The molecule has 2 saturated heterocycles. The molecule has 2 N–H and O–H groups in total. The number of alkyl halides is 3. The second-order valence-electron chi connectivity index (χ2n) is 8.11. The molecule has 2 aliphatic rings. The number of carboxylic acid groups (broad SMARTS) is 1. The highest BCUT2D eigenvalue weighted by Gasteiger charge is 2.35. The lowest BCUT2D eigenvalue weighted by Gasteiger charge is -2.33. The van der Waals surface area contributed by atoms with Gasteiger partial charge < -0.3 is 10.4 Å². The lowest BCUT2D eigenvalue weighted by Crippen LogP contribution is -2.43. The number of fused-ring (bicyclic) bond motifs is 2. The average molecular weight is 439 g/mol. The van der Waals surface area contributed by atoms with Crippen LogP contribution >= 0.6 is 11.6 Å². The zero-order valence-electron chi connectivity index (χ0n) is 16.1. The standard InChI is InChI=1S/C22H22ClF3N2O2/c23-16-5-8-20(19(11-16)14-1-3-15(4-2-14)22(24,25)26)28(21(29)30)12-13-9-17-6-7-18(10-13)27-17/h1-5,8,11,13,17-18,27H,6-7,9-10,12H2,(H,29,30)/t13?,17-,18+. The van der Waals surface area contributed by atoms with Crippen LogP contribution in [0.1, 0.15) is 31.2 Å². The molecule has 2 aliphatic heterocycles. The van der Waals surface area contributed by atoms with E-state index in [1.165, 1.54) is 17.0 Å². The molecule has 2 heterocycles. The molecular formula is C22H22ClF3N2O2. The van der Waals surface area contributed by atoms with Crippen molar-refractivity contribution >= 4 is 23.4 Å². The van der Waals surface area contributed by atoms with Crippen molar-refractivity contribution in [3.05, 3.63) is 53.1 Å². The molecule has 2 fully saturated rings.